The lowest BCUT2D eigenvalue weighted by Gasteiger charge is -2.08. The summed E-state index contributed by atoms with van der Waals surface area (Å²) in [6.07, 6.45) is 0. The van der Waals surface area contributed by atoms with E-state index in [4.69, 9.17) is 10.5 Å². The molecular weight excluding hydrogens is 353 g/mol. The number of rotatable bonds is 6. The van der Waals surface area contributed by atoms with Gasteiger partial charge in [0.25, 0.3) is 0 Å². The first-order valence-electron chi connectivity index (χ1n) is 6.22. The van der Waals surface area contributed by atoms with Crippen LogP contribution in [0.3, 0.4) is 0 Å². The van der Waals surface area contributed by atoms with Gasteiger partial charge in [-0.2, -0.15) is 0 Å². The Balaban J connectivity index is 0.00000324. The zero-order chi connectivity index (χ0) is 13.4. The van der Waals surface area contributed by atoms with Gasteiger partial charge in [-0.05, 0) is 17.0 Å². The van der Waals surface area contributed by atoms with E-state index in [1.165, 1.54) is 0 Å². The lowest BCUT2D eigenvalue weighted by molar-refractivity contribution is 0.185. The van der Waals surface area contributed by atoms with Crippen LogP contribution in [0.1, 0.15) is 25.0 Å². The number of benzene rings is 1. The average Bonchev–Trinajstić information content (AvgIpc) is 2.35. The Hall–Kier alpha value is -0.820. The summed E-state index contributed by atoms with van der Waals surface area (Å²) in [7, 11) is 1.69. The van der Waals surface area contributed by atoms with Crippen LogP contribution in [0.4, 0.5) is 0 Å². The standard InChI is InChI=1S/C14H23N3O.HI/c1-11(2)8-16-14(15)17-9-12-5-4-6-13(7-12)10-18-3;/h4-7,11H,8-10H2,1-3H3,(H3,15,16,17);1H. The summed E-state index contributed by atoms with van der Waals surface area (Å²) in [6, 6.07) is 8.18. The number of aliphatic imine (C=N–C) groups is 1. The van der Waals surface area contributed by atoms with Crippen LogP contribution in [0.15, 0.2) is 29.3 Å². The first-order valence-corrected chi connectivity index (χ1v) is 6.22. The molecule has 5 heteroatoms. The van der Waals surface area contributed by atoms with E-state index in [1.807, 2.05) is 18.2 Å². The van der Waals surface area contributed by atoms with Crippen LogP contribution in [0.25, 0.3) is 0 Å². The molecule has 0 amide bonds. The highest BCUT2D eigenvalue weighted by Crippen LogP contribution is 2.07. The van der Waals surface area contributed by atoms with Crippen molar-refractivity contribution in [3.8, 4) is 0 Å². The second-order valence-corrected chi connectivity index (χ2v) is 4.73. The van der Waals surface area contributed by atoms with Crippen LogP contribution in [-0.4, -0.2) is 19.6 Å². The quantitative estimate of drug-likeness (QED) is 0.455. The second kappa shape index (κ2) is 10.0. The number of methoxy groups -OCH3 is 1. The van der Waals surface area contributed by atoms with Gasteiger partial charge in [0.2, 0.25) is 0 Å². The minimum Gasteiger partial charge on any atom is -0.380 e. The normalized spacial score (nSPS) is 11.3. The molecule has 1 aromatic rings. The Bertz CT molecular complexity index is 394. The van der Waals surface area contributed by atoms with Crippen LogP contribution < -0.4 is 11.1 Å². The minimum absolute atomic E-state index is 0. The summed E-state index contributed by atoms with van der Waals surface area (Å²) in [6.45, 7) is 6.33. The maximum absolute atomic E-state index is 5.78. The molecule has 0 atom stereocenters. The fourth-order valence-corrected chi connectivity index (χ4v) is 1.53. The molecule has 0 saturated heterocycles. The van der Waals surface area contributed by atoms with Gasteiger partial charge in [-0.15, -0.1) is 24.0 Å². The summed E-state index contributed by atoms with van der Waals surface area (Å²) in [5.74, 6) is 1.06. The Morgan fingerprint density at radius 1 is 1.37 bits per heavy atom. The third kappa shape index (κ3) is 8.05. The summed E-state index contributed by atoms with van der Waals surface area (Å²) in [4.78, 5) is 4.31. The largest absolute Gasteiger partial charge is 0.380 e. The third-order valence-electron chi connectivity index (χ3n) is 2.43. The maximum atomic E-state index is 5.78. The fourth-order valence-electron chi connectivity index (χ4n) is 1.53. The lowest BCUT2D eigenvalue weighted by Crippen LogP contribution is -2.34. The smallest absolute Gasteiger partial charge is 0.188 e. The molecule has 0 aliphatic heterocycles. The van der Waals surface area contributed by atoms with E-state index in [0.717, 1.165) is 17.7 Å². The van der Waals surface area contributed by atoms with Crippen LogP contribution in [0, 0.1) is 5.92 Å². The van der Waals surface area contributed by atoms with Gasteiger partial charge in [0, 0.05) is 13.7 Å². The SMILES string of the molecule is COCc1cccc(CN=C(N)NCC(C)C)c1.I. The highest BCUT2D eigenvalue weighted by atomic mass is 127. The number of hydrogen-bond acceptors (Lipinski definition) is 2. The Kier molecular flexibility index (Phi) is 9.59. The monoisotopic (exact) mass is 377 g/mol. The molecule has 0 unspecified atom stereocenters. The van der Waals surface area contributed by atoms with Crippen molar-refractivity contribution in [2.75, 3.05) is 13.7 Å². The number of halogens is 1. The van der Waals surface area contributed by atoms with Crippen molar-refractivity contribution in [1.82, 2.24) is 5.32 Å². The van der Waals surface area contributed by atoms with Gasteiger partial charge >= 0.3 is 0 Å². The maximum Gasteiger partial charge on any atom is 0.188 e. The number of nitrogens with one attached hydrogen (secondary N) is 1. The molecule has 0 radical (unpaired) electrons. The van der Waals surface area contributed by atoms with Gasteiger partial charge in [-0.3, -0.25) is 0 Å². The van der Waals surface area contributed by atoms with E-state index in [-0.39, 0.29) is 24.0 Å². The van der Waals surface area contributed by atoms with Crippen molar-refractivity contribution in [1.29, 1.82) is 0 Å². The van der Waals surface area contributed by atoms with E-state index < -0.39 is 0 Å². The van der Waals surface area contributed by atoms with Gasteiger partial charge in [-0.25, -0.2) is 4.99 Å². The topological polar surface area (TPSA) is 59.6 Å². The van der Waals surface area contributed by atoms with Crippen molar-refractivity contribution in [2.24, 2.45) is 16.6 Å². The van der Waals surface area contributed by atoms with Crippen molar-refractivity contribution < 1.29 is 4.74 Å². The number of ether oxygens (including phenoxy) is 1. The molecule has 19 heavy (non-hydrogen) atoms. The molecule has 0 bridgehead atoms. The first kappa shape index (κ1) is 18.2. The molecule has 1 aromatic carbocycles. The molecule has 0 aromatic heterocycles. The van der Waals surface area contributed by atoms with Gasteiger partial charge in [0.05, 0.1) is 13.2 Å². The van der Waals surface area contributed by atoms with Crippen LogP contribution in [-0.2, 0) is 17.9 Å². The molecule has 0 spiro atoms. The predicted molar refractivity (Wildman–Crippen MR) is 90.7 cm³/mol. The number of guanidine groups is 1. The van der Waals surface area contributed by atoms with Gasteiger partial charge in [0.1, 0.15) is 0 Å². The number of hydrogen-bond donors (Lipinski definition) is 2. The summed E-state index contributed by atoms with van der Waals surface area (Å²) < 4.78 is 5.10. The number of nitrogens with two attached hydrogens (primary N) is 1. The Morgan fingerprint density at radius 3 is 2.68 bits per heavy atom. The summed E-state index contributed by atoms with van der Waals surface area (Å²) in [5, 5.41) is 3.10. The van der Waals surface area contributed by atoms with Gasteiger partial charge < -0.3 is 15.8 Å². The van der Waals surface area contributed by atoms with Crippen LogP contribution in [0.2, 0.25) is 0 Å². The zero-order valence-electron chi connectivity index (χ0n) is 11.8. The third-order valence-corrected chi connectivity index (χ3v) is 2.43. The zero-order valence-corrected chi connectivity index (χ0v) is 14.2. The van der Waals surface area contributed by atoms with Crippen molar-refractivity contribution in [2.45, 2.75) is 27.0 Å². The molecule has 0 aliphatic carbocycles. The first-order chi connectivity index (χ1) is 8.61. The Morgan fingerprint density at radius 2 is 2.05 bits per heavy atom. The van der Waals surface area contributed by atoms with Gasteiger partial charge in [0.15, 0.2) is 5.96 Å². The van der Waals surface area contributed by atoms with Crippen molar-refractivity contribution in [3.63, 3.8) is 0 Å². The predicted octanol–water partition coefficient (Wildman–Crippen LogP) is 2.51. The fraction of sp³-hybridized carbons (Fsp3) is 0.500. The lowest BCUT2D eigenvalue weighted by atomic mass is 10.1. The van der Waals surface area contributed by atoms with Crippen LogP contribution >= 0.6 is 24.0 Å². The number of nitrogens with zero attached hydrogens (tertiary/aromatic N) is 1. The Labute approximate surface area is 132 Å². The molecule has 0 fully saturated rings. The molecular formula is C14H24IN3O. The minimum atomic E-state index is 0. The van der Waals surface area contributed by atoms with Crippen LogP contribution in [0.5, 0.6) is 0 Å². The molecule has 0 heterocycles. The van der Waals surface area contributed by atoms with E-state index in [0.29, 0.717) is 25.0 Å². The summed E-state index contributed by atoms with van der Waals surface area (Å²) in [5.41, 5.74) is 8.07. The molecule has 4 nitrogen and oxygen atoms in total. The van der Waals surface area contributed by atoms with Gasteiger partial charge in [-0.1, -0.05) is 38.1 Å². The molecule has 0 saturated carbocycles. The molecule has 1 rings (SSSR count). The second-order valence-electron chi connectivity index (χ2n) is 4.73. The van der Waals surface area contributed by atoms with E-state index >= 15 is 0 Å². The molecule has 0 aliphatic rings. The average molecular weight is 377 g/mol. The van der Waals surface area contributed by atoms with E-state index in [1.54, 1.807) is 7.11 Å². The van der Waals surface area contributed by atoms with E-state index in [2.05, 4.69) is 30.2 Å². The molecule has 108 valence electrons. The highest BCUT2D eigenvalue weighted by molar-refractivity contribution is 14.0. The highest BCUT2D eigenvalue weighted by Gasteiger charge is 1.97. The van der Waals surface area contributed by atoms with Crippen molar-refractivity contribution >= 4 is 29.9 Å². The molecule has 3 N–H and O–H groups in total. The van der Waals surface area contributed by atoms with E-state index in [9.17, 15) is 0 Å². The summed E-state index contributed by atoms with van der Waals surface area (Å²) >= 11 is 0. The van der Waals surface area contributed by atoms with Crippen molar-refractivity contribution in [3.05, 3.63) is 35.4 Å².